The Morgan fingerprint density at radius 1 is 1.41 bits per heavy atom. The molecule has 0 aliphatic heterocycles. The molecule has 1 aromatic heterocycles. The van der Waals surface area contributed by atoms with E-state index in [0.717, 1.165) is 30.7 Å². The zero-order valence-corrected chi connectivity index (χ0v) is 11.3. The third-order valence-corrected chi connectivity index (χ3v) is 3.28. The first-order valence-electron chi connectivity index (χ1n) is 5.96. The number of ketones is 1. The van der Waals surface area contributed by atoms with Crippen molar-refractivity contribution in [3.8, 4) is 0 Å². The molecular weight excluding hydrogens is 238 g/mol. The molecule has 0 saturated heterocycles. The number of Topliss-reactive ketones (excluding diaryl/α,β-unsaturated/α-hetero) is 1. The van der Waals surface area contributed by atoms with E-state index in [1.54, 1.807) is 4.68 Å². The second-order valence-electron chi connectivity index (χ2n) is 4.28. The van der Waals surface area contributed by atoms with Gasteiger partial charge >= 0.3 is 0 Å². The van der Waals surface area contributed by atoms with Gasteiger partial charge in [-0.1, -0.05) is 18.0 Å². The minimum absolute atomic E-state index is 0.215. The second-order valence-corrected chi connectivity index (χ2v) is 4.66. The van der Waals surface area contributed by atoms with E-state index in [1.165, 1.54) is 0 Å². The summed E-state index contributed by atoms with van der Waals surface area (Å²) in [5.74, 6) is 0.215. The highest BCUT2D eigenvalue weighted by molar-refractivity contribution is 6.32. The lowest BCUT2D eigenvalue weighted by atomic mass is 10.1. The van der Waals surface area contributed by atoms with Gasteiger partial charge in [-0.05, 0) is 26.3 Å². The van der Waals surface area contributed by atoms with E-state index in [1.807, 2.05) is 14.0 Å². The first-order chi connectivity index (χ1) is 8.06. The lowest BCUT2D eigenvalue weighted by Crippen LogP contribution is -2.08. The van der Waals surface area contributed by atoms with Crippen LogP contribution in [-0.4, -0.2) is 22.1 Å². The van der Waals surface area contributed by atoms with Crippen molar-refractivity contribution in [2.75, 3.05) is 6.54 Å². The predicted molar refractivity (Wildman–Crippen MR) is 69.2 cm³/mol. The minimum Gasteiger partial charge on any atom is -0.330 e. The highest BCUT2D eigenvalue weighted by Crippen LogP contribution is 2.20. The van der Waals surface area contributed by atoms with Gasteiger partial charge < -0.3 is 5.73 Å². The molecule has 5 heteroatoms. The number of halogens is 1. The van der Waals surface area contributed by atoms with E-state index in [2.05, 4.69) is 5.10 Å². The number of nitrogens with two attached hydrogens (primary N) is 1. The normalized spacial score (nSPS) is 10.8. The SMILES string of the molecule is Cc1nn(C)c(CC(=O)CCCCCN)c1Cl. The van der Waals surface area contributed by atoms with Crippen LogP contribution < -0.4 is 5.73 Å². The lowest BCUT2D eigenvalue weighted by molar-refractivity contribution is -0.118. The molecule has 17 heavy (non-hydrogen) atoms. The molecule has 1 rings (SSSR count). The number of unbranched alkanes of at least 4 members (excludes halogenated alkanes) is 2. The number of carbonyl (C=O) groups is 1. The summed E-state index contributed by atoms with van der Waals surface area (Å²) in [6.07, 6.45) is 3.88. The van der Waals surface area contributed by atoms with Crippen molar-refractivity contribution in [1.29, 1.82) is 0 Å². The fourth-order valence-electron chi connectivity index (χ4n) is 1.79. The van der Waals surface area contributed by atoms with E-state index in [0.29, 0.717) is 24.4 Å². The Labute approximate surface area is 107 Å². The highest BCUT2D eigenvalue weighted by Gasteiger charge is 2.14. The van der Waals surface area contributed by atoms with E-state index in [-0.39, 0.29) is 5.78 Å². The van der Waals surface area contributed by atoms with E-state index in [4.69, 9.17) is 17.3 Å². The minimum atomic E-state index is 0.215. The molecule has 1 aromatic rings. The van der Waals surface area contributed by atoms with Crippen LogP contribution in [0.1, 0.15) is 37.1 Å². The van der Waals surface area contributed by atoms with Crippen LogP contribution in [0, 0.1) is 6.92 Å². The van der Waals surface area contributed by atoms with Crippen molar-refractivity contribution in [3.63, 3.8) is 0 Å². The van der Waals surface area contributed by atoms with E-state index < -0.39 is 0 Å². The molecule has 0 aliphatic carbocycles. The molecule has 4 nitrogen and oxygen atoms in total. The summed E-state index contributed by atoms with van der Waals surface area (Å²) < 4.78 is 1.69. The largest absolute Gasteiger partial charge is 0.330 e. The van der Waals surface area contributed by atoms with Crippen LogP contribution in [0.5, 0.6) is 0 Å². The van der Waals surface area contributed by atoms with Gasteiger partial charge in [0.15, 0.2) is 0 Å². The number of carbonyl (C=O) groups excluding carboxylic acids is 1. The van der Waals surface area contributed by atoms with E-state index >= 15 is 0 Å². The molecule has 0 aliphatic rings. The van der Waals surface area contributed by atoms with Gasteiger partial charge in [-0.3, -0.25) is 9.48 Å². The molecule has 0 amide bonds. The van der Waals surface area contributed by atoms with Crippen LogP contribution in [0.4, 0.5) is 0 Å². The van der Waals surface area contributed by atoms with Gasteiger partial charge in [0.25, 0.3) is 0 Å². The Hall–Kier alpha value is -0.870. The maximum Gasteiger partial charge on any atom is 0.138 e. The van der Waals surface area contributed by atoms with Gasteiger partial charge in [-0.2, -0.15) is 5.10 Å². The standard InChI is InChI=1S/C12H20ClN3O/c1-9-12(13)11(16(2)15-9)8-10(17)6-4-3-5-7-14/h3-8,14H2,1-2H3. The summed E-state index contributed by atoms with van der Waals surface area (Å²) in [7, 11) is 1.82. The molecule has 0 bridgehead atoms. The summed E-state index contributed by atoms with van der Waals surface area (Å²) in [4.78, 5) is 11.8. The Morgan fingerprint density at radius 2 is 2.12 bits per heavy atom. The molecule has 0 unspecified atom stereocenters. The Balaban J connectivity index is 2.45. The molecule has 0 atom stereocenters. The third-order valence-electron chi connectivity index (χ3n) is 2.79. The van der Waals surface area contributed by atoms with Crippen molar-refractivity contribution in [3.05, 3.63) is 16.4 Å². The Bertz CT molecular complexity index is 387. The number of aromatic nitrogens is 2. The monoisotopic (exact) mass is 257 g/mol. The van der Waals surface area contributed by atoms with Crippen molar-refractivity contribution in [1.82, 2.24) is 9.78 Å². The fourth-order valence-corrected chi connectivity index (χ4v) is 2.02. The number of hydrogen-bond donors (Lipinski definition) is 1. The third kappa shape index (κ3) is 4.13. The molecule has 96 valence electrons. The molecule has 0 saturated carbocycles. The maximum absolute atomic E-state index is 11.8. The molecule has 0 fully saturated rings. The zero-order valence-electron chi connectivity index (χ0n) is 10.5. The first-order valence-corrected chi connectivity index (χ1v) is 6.33. The quantitative estimate of drug-likeness (QED) is 0.760. The van der Waals surface area contributed by atoms with Crippen molar-refractivity contribution in [2.24, 2.45) is 12.8 Å². The summed E-state index contributed by atoms with van der Waals surface area (Å²) in [6, 6.07) is 0. The van der Waals surface area contributed by atoms with Crippen LogP contribution in [0.25, 0.3) is 0 Å². The van der Waals surface area contributed by atoms with Crippen molar-refractivity contribution in [2.45, 2.75) is 39.0 Å². The molecule has 0 aromatic carbocycles. The summed E-state index contributed by atoms with van der Waals surface area (Å²) in [5.41, 5.74) is 6.99. The molecule has 0 radical (unpaired) electrons. The Kier molecular flexibility index (Phi) is 5.65. The number of nitrogens with zero attached hydrogens (tertiary/aromatic N) is 2. The van der Waals surface area contributed by atoms with Crippen molar-refractivity contribution < 1.29 is 4.79 Å². The van der Waals surface area contributed by atoms with Gasteiger partial charge in [0.1, 0.15) is 5.78 Å². The highest BCUT2D eigenvalue weighted by atomic mass is 35.5. The number of rotatable bonds is 7. The van der Waals surface area contributed by atoms with Gasteiger partial charge in [-0.15, -0.1) is 0 Å². The van der Waals surface area contributed by atoms with Crippen LogP contribution in [-0.2, 0) is 18.3 Å². The van der Waals surface area contributed by atoms with Crippen LogP contribution in [0.15, 0.2) is 0 Å². The summed E-state index contributed by atoms with van der Waals surface area (Å²) >= 11 is 6.09. The van der Waals surface area contributed by atoms with Crippen molar-refractivity contribution >= 4 is 17.4 Å². The molecule has 2 N–H and O–H groups in total. The topological polar surface area (TPSA) is 60.9 Å². The second kappa shape index (κ2) is 6.77. The average molecular weight is 258 g/mol. The van der Waals surface area contributed by atoms with Crippen LogP contribution in [0.2, 0.25) is 5.02 Å². The van der Waals surface area contributed by atoms with E-state index in [9.17, 15) is 4.79 Å². The molecule has 1 heterocycles. The molecule has 0 spiro atoms. The Morgan fingerprint density at radius 3 is 2.65 bits per heavy atom. The van der Waals surface area contributed by atoms with Gasteiger partial charge in [0, 0.05) is 19.9 Å². The first kappa shape index (κ1) is 14.2. The maximum atomic E-state index is 11.8. The van der Waals surface area contributed by atoms with Crippen LogP contribution >= 0.6 is 11.6 Å². The number of aryl methyl sites for hydroxylation is 2. The van der Waals surface area contributed by atoms with Gasteiger partial charge in [-0.25, -0.2) is 0 Å². The molecular formula is C12H20ClN3O. The smallest absolute Gasteiger partial charge is 0.138 e. The summed E-state index contributed by atoms with van der Waals surface area (Å²) in [5, 5.41) is 4.80. The lowest BCUT2D eigenvalue weighted by Gasteiger charge is -2.02. The van der Waals surface area contributed by atoms with Gasteiger partial charge in [0.05, 0.1) is 16.4 Å². The average Bonchev–Trinajstić information content (AvgIpc) is 2.52. The van der Waals surface area contributed by atoms with Crippen LogP contribution in [0.3, 0.4) is 0 Å². The zero-order chi connectivity index (χ0) is 12.8. The van der Waals surface area contributed by atoms with Gasteiger partial charge in [0.2, 0.25) is 0 Å². The predicted octanol–water partition coefficient (Wildman–Crippen LogP) is 2.01. The number of hydrogen-bond acceptors (Lipinski definition) is 3. The fraction of sp³-hybridized carbons (Fsp3) is 0.667. The summed E-state index contributed by atoms with van der Waals surface area (Å²) in [6.45, 7) is 2.54.